The molecule has 16 heavy (non-hydrogen) atoms. The van der Waals surface area contributed by atoms with E-state index >= 15 is 0 Å². The molecule has 1 rings (SSSR count). The summed E-state index contributed by atoms with van der Waals surface area (Å²) in [5, 5.41) is 8.68. The summed E-state index contributed by atoms with van der Waals surface area (Å²) >= 11 is 0. The zero-order valence-corrected chi connectivity index (χ0v) is 9.97. The van der Waals surface area contributed by atoms with Gasteiger partial charge in [-0.15, -0.1) is 0 Å². The van der Waals surface area contributed by atoms with Crippen molar-refractivity contribution in [1.29, 1.82) is 5.26 Å². The van der Waals surface area contributed by atoms with Crippen molar-refractivity contribution in [1.82, 2.24) is 4.98 Å². The molecule has 0 amide bonds. The fraction of sp³-hybridized carbons (Fsp3) is 0.500. The molecule has 0 spiro atoms. The van der Waals surface area contributed by atoms with E-state index in [1.165, 1.54) is 0 Å². The van der Waals surface area contributed by atoms with Gasteiger partial charge in [-0.3, -0.25) is 0 Å². The number of nitriles is 1. The van der Waals surface area contributed by atoms with E-state index in [2.05, 4.69) is 11.1 Å². The second-order valence-electron chi connectivity index (χ2n) is 3.58. The van der Waals surface area contributed by atoms with Crippen LogP contribution in [-0.4, -0.2) is 24.7 Å². The van der Waals surface area contributed by atoms with Crippen LogP contribution in [0.4, 0.5) is 5.82 Å². The first-order valence-electron chi connectivity index (χ1n) is 5.38. The maximum atomic E-state index is 8.68. The van der Waals surface area contributed by atoms with Crippen molar-refractivity contribution >= 4 is 5.82 Å². The summed E-state index contributed by atoms with van der Waals surface area (Å²) in [4.78, 5) is 6.26. The SMILES string of the molecule is CCOc1cccnc1N(C)C(C)CC#N. The smallest absolute Gasteiger partial charge is 0.171 e. The standard InChI is InChI=1S/C12H17N3O/c1-4-16-11-6-5-9-14-12(11)15(3)10(2)7-8-13/h5-6,9-10H,4,7H2,1-3H3. The molecule has 1 unspecified atom stereocenters. The first-order chi connectivity index (χ1) is 7.70. The molecule has 1 atom stereocenters. The van der Waals surface area contributed by atoms with Crippen LogP contribution in [0, 0.1) is 11.3 Å². The Balaban J connectivity index is 2.89. The Hall–Kier alpha value is -1.76. The second-order valence-corrected chi connectivity index (χ2v) is 3.58. The minimum Gasteiger partial charge on any atom is -0.490 e. The Bertz CT molecular complexity index is 373. The molecule has 4 nitrogen and oxygen atoms in total. The van der Waals surface area contributed by atoms with Gasteiger partial charge < -0.3 is 9.64 Å². The largest absolute Gasteiger partial charge is 0.490 e. The number of rotatable bonds is 5. The van der Waals surface area contributed by atoms with Crippen LogP contribution in [0.1, 0.15) is 20.3 Å². The van der Waals surface area contributed by atoms with E-state index in [0.717, 1.165) is 11.6 Å². The quantitative estimate of drug-likeness (QED) is 0.762. The molecule has 0 radical (unpaired) electrons. The Morgan fingerprint density at radius 2 is 2.38 bits per heavy atom. The molecular weight excluding hydrogens is 202 g/mol. The van der Waals surface area contributed by atoms with Gasteiger partial charge in [-0.2, -0.15) is 5.26 Å². The van der Waals surface area contributed by atoms with Crippen LogP contribution < -0.4 is 9.64 Å². The molecule has 1 heterocycles. The van der Waals surface area contributed by atoms with Crippen LogP contribution in [-0.2, 0) is 0 Å². The maximum absolute atomic E-state index is 8.68. The highest BCUT2D eigenvalue weighted by atomic mass is 16.5. The molecule has 4 heteroatoms. The predicted molar refractivity (Wildman–Crippen MR) is 63.5 cm³/mol. The molecule has 0 aromatic carbocycles. The van der Waals surface area contributed by atoms with Crippen molar-refractivity contribution in [2.45, 2.75) is 26.3 Å². The van der Waals surface area contributed by atoms with Gasteiger partial charge in [0.2, 0.25) is 0 Å². The van der Waals surface area contributed by atoms with Gasteiger partial charge in [-0.05, 0) is 26.0 Å². The molecule has 1 aromatic heterocycles. The maximum Gasteiger partial charge on any atom is 0.171 e. The monoisotopic (exact) mass is 219 g/mol. The Labute approximate surface area is 96.5 Å². The second kappa shape index (κ2) is 5.96. The molecule has 1 aromatic rings. The van der Waals surface area contributed by atoms with Crippen molar-refractivity contribution in [2.75, 3.05) is 18.6 Å². The van der Waals surface area contributed by atoms with E-state index < -0.39 is 0 Å². The van der Waals surface area contributed by atoms with E-state index in [-0.39, 0.29) is 6.04 Å². The lowest BCUT2D eigenvalue weighted by atomic mass is 10.2. The number of pyridine rings is 1. The summed E-state index contributed by atoms with van der Waals surface area (Å²) in [6.45, 7) is 4.54. The number of hydrogen-bond donors (Lipinski definition) is 0. The van der Waals surface area contributed by atoms with Crippen LogP contribution in [0.15, 0.2) is 18.3 Å². The summed E-state index contributed by atoms with van der Waals surface area (Å²) in [5.41, 5.74) is 0. The van der Waals surface area contributed by atoms with E-state index in [0.29, 0.717) is 13.0 Å². The summed E-state index contributed by atoms with van der Waals surface area (Å²) in [5.74, 6) is 1.55. The van der Waals surface area contributed by atoms with Crippen LogP contribution in [0.5, 0.6) is 5.75 Å². The number of aromatic nitrogens is 1. The third kappa shape index (κ3) is 2.86. The lowest BCUT2D eigenvalue weighted by molar-refractivity contribution is 0.338. The fourth-order valence-electron chi connectivity index (χ4n) is 1.39. The molecule has 0 fully saturated rings. The van der Waals surface area contributed by atoms with Gasteiger partial charge in [0.1, 0.15) is 0 Å². The summed E-state index contributed by atoms with van der Waals surface area (Å²) < 4.78 is 5.50. The van der Waals surface area contributed by atoms with Gasteiger partial charge in [0.05, 0.1) is 19.1 Å². The predicted octanol–water partition coefficient (Wildman–Crippen LogP) is 2.22. The number of hydrogen-bond acceptors (Lipinski definition) is 4. The topological polar surface area (TPSA) is 49.1 Å². The highest BCUT2D eigenvalue weighted by molar-refractivity contribution is 5.52. The summed E-state index contributed by atoms with van der Waals surface area (Å²) in [6.07, 6.45) is 2.20. The molecule has 0 N–H and O–H groups in total. The lowest BCUT2D eigenvalue weighted by Gasteiger charge is -2.25. The van der Waals surface area contributed by atoms with Gasteiger partial charge in [-0.25, -0.2) is 4.98 Å². The zero-order chi connectivity index (χ0) is 12.0. The molecule has 0 saturated carbocycles. The number of nitrogens with zero attached hydrogens (tertiary/aromatic N) is 3. The minimum absolute atomic E-state index is 0.124. The first kappa shape index (κ1) is 12.3. The van der Waals surface area contributed by atoms with Crippen LogP contribution in [0.25, 0.3) is 0 Å². The van der Waals surface area contributed by atoms with Gasteiger partial charge in [0.15, 0.2) is 11.6 Å². The number of ether oxygens (including phenoxy) is 1. The lowest BCUT2D eigenvalue weighted by Crippen LogP contribution is -2.29. The van der Waals surface area contributed by atoms with E-state index in [4.69, 9.17) is 10.00 Å². The van der Waals surface area contributed by atoms with Crippen LogP contribution in [0.2, 0.25) is 0 Å². The van der Waals surface area contributed by atoms with E-state index in [1.54, 1.807) is 6.20 Å². The normalized spacial score (nSPS) is 11.6. The van der Waals surface area contributed by atoms with Gasteiger partial charge in [0, 0.05) is 19.3 Å². The summed E-state index contributed by atoms with van der Waals surface area (Å²) in [7, 11) is 1.92. The van der Waals surface area contributed by atoms with Gasteiger partial charge >= 0.3 is 0 Å². The van der Waals surface area contributed by atoms with Crippen LogP contribution in [0.3, 0.4) is 0 Å². The van der Waals surface area contributed by atoms with Crippen molar-refractivity contribution in [3.8, 4) is 11.8 Å². The molecule has 0 aliphatic carbocycles. The van der Waals surface area contributed by atoms with E-state index in [9.17, 15) is 0 Å². The Morgan fingerprint density at radius 1 is 1.62 bits per heavy atom. The summed E-state index contributed by atoms with van der Waals surface area (Å²) in [6, 6.07) is 6.02. The van der Waals surface area contributed by atoms with Gasteiger partial charge in [0.25, 0.3) is 0 Å². The molecule has 0 aliphatic rings. The first-order valence-corrected chi connectivity index (χ1v) is 5.38. The van der Waals surface area contributed by atoms with Crippen molar-refractivity contribution in [3.63, 3.8) is 0 Å². The average molecular weight is 219 g/mol. The fourth-order valence-corrected chi connectivity index (χ4v) is 1.39. The van der Waals surface area contributed by atoms with Crippen molar-refractivity contribution in [2.24, 2.45) is 0 Å². The highest BCUT2D eigenvalue weighted by Gasteiger charge is 2.14. The van der Waals surface area contributed by atoms with E-state index in [1.807, 2.05) is 37.9 Å². The molecule has 0 aliphatic heterocycles. The Morgan fingerprint density at radius 3 is 3.00 bits per heavy atom. The Kier molecular flexibility index (Phi) is 4.59. The molecule has 0 saturated heterocycles. The third-order valence-corrected chi connectivity index (χ3v) is 2.43. The van der Waals surface area contributed by atoms with Crippen LogP contribution >= 0.6 is 0 Å². The van der Waals surface area contributed by atoms with Gasteiger partial charge in [-0.1, -0.05) is 0 Å². The minimum atomic E-state index is 0.124. The third-order valence-electron chi connectivity index (χ3n) is 2.43. The molecular formula is C12H17N3O. The molecule has 0 bridgehead atoms. The van der Waals surface area contributed by atoms with Crippen molar-refractivity contribution < 1.29 is 4.74 Å². The highest BCUT2D eigenvalue weighted by Crippen LogP contribution is 2.26. The van der Waals surface area contributed by atoms with Crippen molar-refractivity contribution in [3.05, 3.63) is 18.3 Å². The zero-order valence-electron chi connectivity index (χ0n) is 9.97. The average Bonchev–Trinajstić information content (AvgIpc) is 2.29. The molecule has 86 valence electrons. The number of anilines is 1.